The lowest BCUT2D eigenvalue weighted by Crippen LogP contribution is -1.84. The SMILES string of the molecule is c1ccc2c(-c3noc(-c4csc(-c5cnccn5)n4)n3)n[nH]c2c1. The molecule has 5 aromatic rings. The average molecular weight is 347 g/mol. The van der Waals surface area contributed by atoms with Crippen LogP contribution in [-0.2, 0) is 0 Å². The lowest BCUT2D eigenvalue weighted by molar-refractivity contribution is 0.431. The second kappa shape index (κ2) is 5.56. The summed E-state index contributed by atoms with van der Waals surface area (Å²) in [6.45, 7) is 0. The first-order chi connectivity index (χ1) is 12.4. The zero-order chi connectivity index (χ0) is 16.6. The van der Waals surface area contributed by atoms with Crippen molar-refractivity contribution < 1.29 is 4.52 Å². The van der Waals surface area contributed by atoms with Gasteiger partial charge < -0.3 is 4.52 Å². The van der Waals surface area contributed by atoms with Gasteiger partial charge in [-0.2, -0.15) is 10.1 Å². The Kier molecular flexibility index (Phi) is 3.10. The number of hydrogen-bond donors (Lipinski definition) is 1. The van der Waals surface area contributed by atoms with Gasteiger partial charge in [0.2, 0.25) is 5.82 Å². The monoisotopic (exact) mass is 347 g/mol. The molecule has 1 N–H and O–H groups in total. The molecule has 0 saturated heterocycles. The molecule has 0 aliphatic rings. The van der Waals surface area contributed by atoms with Gasteiger partial charge in [-0.25, -0.2) is 4.98 Å². The van der Waals surface area contributed by atoms with Crippen molar-refractivity contribution in [1.82, 2.24) is 35.3 Å². The number of hydrogen-bond acceptors (Lipinski definition) is 8. The lowest BCUT2D eigenvalue weighted by Gasteiger charge is -1.91. The fraction of sp³-hybridized carbons (Fsp3) is 0. The van der Waals surface area contributed by atoms with Crippen molar-refractivity contribution in [3.8, 4) is 33.8 Å². The molecule has 1 aromatic carbocycles. The number of fused-ring (bicyclic) bond motifs is 1. The topological polar surface area (TPSA) is 106 Å². The van der Waals surface area contributed by atoms with Gasteiger partial charge in [0, 0.05) is 23.2 Å². The highest BCUT2D eigenvalue weighted by Crippen LogP contribution is 2.29. The quantitative estimate of drug-likeness (QED) is 0.534. The minimum atomic E-state index is 0.341. The Hall–Kier alpha value is -3.46. The van der Waals surface area contributed by atoms with Gasteiger partial charge in [-0.1, -0.05) is 23.4 Å². The van der Waals surface area contributed by atoms with Crippen LogP contribution >= 0.6 is 11.3 Å². The molecule has 4 aromatic heterocycles. The van der Waals surface area contributed by atoms with Gasteiger partial charge in [0.15, 0.2) is 0 Å². The van der Waals surface area contributed by atoms with Gasteiger partial charge in [0.1, 0.15) is 22.1 Å². The average Bonchev–Trinajstić information content (AvgIpc) is 3.40. The number of thiazole rings is 1. The van der Waals surface area contributed by atoms with Gasteiger partial charge in [-0.05, 0) is 6.07 Å². The first kappa shape index (κ1) is 13.9. The lowest BCUT2D eigenvalue weighted by atomic mass is 10.2. The van der Waals surface area contributed by atoms with Crippen LogP contribution in [0.15, 0.2) is 52.8 Å². The molecule has 4 heterocycles. The summed E-state index contributed by atoms with van der Waals surface area (Å²) in [6.07, 6.45) is 4.91. The van der Waals surface area contributed by atoms with Crippen molar-refractivity contribution in [3.63, 3.8) is 0 Å². The molecule has 5 rings (SSSR count). The summed E-state index contributed by atoms with van der Waals surface area (Å²) < 4.78 is 5.37. The van der Waals surface area contributed by atoms with E-state index in [0.717, 1.165) is 15.9 Å². The number of para-hydroxylation sites is 1. The van der Waals surface area contributed by atoms with Gasteiger partial charge in [0.25, 0.3) is 5.89 Å². The number of benzene rings is 1. The third kappa shape index (κ3) is 2.37. The second-order valence-electron chi connectivity index (χ2n) is 5.17. The van der Waals surface area contributed by atoms with Crippen molar-refractivity contribution in [2.24, 2.45) is 0 Å². The largest absolute Gasteiger partial charge is 0.332 e. The molecule has 0 radical (unpaired) electrons. The fourth-order valence-corrected chi connectivity index (χ4v) is 3.21. The highest BCUT2D eigenvalue weighted by molar-refractivity contribution is 7.13. The summed E-state index contributed by atoms with van der Waals surface area (Å²) in [4.78, 5) is 17.2. The molecular formula is C16H9N7OS. The molecule has 0 saturated carbocycles. The van der Waals surface area contributed by atoms with Crippen LogP contribution in [0.1, 0.15) is 0 Å². The van der Waals surface area contributed by atoms with Crippen LogP contribution in [0.4, 0.5) is 0 Å². The summed E-state index contributed by atoms with van der Waals surface area (Å²) in [5.74, 6) is 0.759. The molecule has 0 amide bonds. The fourth-order valence-electron chi connectivity index (χ4n) is 2.46. The van der Waals surface area contributed by atoms with E-state index in [1.165, 1.54) is 11.3 Å². The van der Waals surface area contributed by atoms with Gasteiger partial charge >= 0.3 is 0 Å². The van der Waals surface area contributed by atoms with Crippen molar-refractivity contribution in [1.29, 1.82) is 0 Å². The molecule has 25 heavy (non-hydrogen) atoms. The van der Waals surface area contributed by atoms with Crippen LogP contribution in [0.2, 0.25) is 0 Å². The van der Waals surface area contributed by atoms with Crippen molar-refractivity contribution in [2.75, 3.05) is 0 Å². The summed E-state index contributed by atoms with van der Waals surface area (Å²) in [5.41, 5.74) is 2.87. The van der Waals surface area contributed by atoms with E-state index in [9.17, 15) is 0 Å². The number of H-pyrrole nitrogens is 1. The van der Waals surface area contributed by atoms with E-state index in [-0.39, 0.29) is 0 Å². The van der Waals surface area contributed by atoms with E-state index < -0.39 is 0 Å². The Labute approximate surface area is 144 Å². The summed E-state index contributed by atoms with van der Waals surface area (Å²) >= 11 is 1.44. The molecule has 8 nitrogen and oxygen atoms in total. The molecule has 0 unspecified atom stereocenters. The number of aromatic nitrogens is 7. The Bertz CT molecular complexity index is 1160. The van der Waals surface area contributed by atoms with Crippen LogP contribution in [-0.4, -0.2) is 35.3 Å². The highest BCUT2D eigenvalue weighted by atomic mass is 32.1. The Balaban J connectivity index is 1.52. The van der Waals surface area contributed by atoms with E-state index >= 15 is 0 Å². The predicted molar refractivity (Wildman–Crippen MR) is 91.5 cm³/mol. The molecule has 0 aliphatic carbocycles. The maximum Gasteiger partial charge on any atom is 0.277 e. The Morgan fingerprint density at radius 1 is 1.04 bits per heavy atom. The first-order valence-electron chi connectivity index (χ1n) is 7.38. The third-order valence-electron chi connectivity index (χ3n) is 3.61. The van der Waals surface area contributed by atoms with Gasteiger partial charge in [-0.3, -0.25) is 15.1 Å². The highest BCUT2D eigenvalue weighted by Gasteiger charge is 2.18. The van der Waals surface area contributed by atoms with Crippen molar-refractivity contribution in [2.45, 2.75) is 0 Å². The number of nitrogens with one attached hydrogen (secondary N) is 1. The molecular weight excluding hydrogens is 338 g/mol. The van der Waals surface area contributed by atoms with Gasteiger partial charge in [0.05, 0.1) is 11.7 Å². The van der Waals surface area contributed by atoms with Gasteiger partial charge in [-0.15, -0.1) is 11.3 Å². The molecule has 0 aliphatic heterocycles. The summed E-state index contributed by atoms with van der Waals surface area (Å²) in [5, 5.41) is 14.8. The molecule has 0 bridgehead atoms. The molecule has 0 spiro atoms. The molecule has 120 valence electrons. The zero-order valence-electron chi connectivity index (χ0n) is 12.6. The minimum Gasteiger partial charge on any atom is -0.332 e. The third-order valence-corrected chi connectivity index (χ3v) is 4.48. The summed E-state index contributed by atoms with van der Waals surface area (Å²) in [6, 6.07) is 7.78. The van der Waals surface area contributed by atoms with Crippen LogP contribution in [0.25, 0.3) is 44.7 Å². The van der Waals surface area contributed by atoms with E-state index in [1.54, 1.807) is 18.6 Å². The molecule has 0 atom stereocenters. The maximum atomic E-state index is 5.37. The zero-order valence-corrected chi connectivity index (χ0v) is 13.4. The molecule has 9 heteroatoms. The maximum absolute atomic E-state index is 5.37. The van der Waals surface area contributed by atoms with Crippen LogP contribution in [0.5, 0.6) is 0 Å². The molecule has 0 fully saturated rings. The second-order valence-corrected chi connectivity index (χ2v) is 6.03. The smallest absolute Gasteiger partial charge is 0.277 e. The van der Waals surface area contributed by atoms with E-state index in [1.807, 2.05) is 29.6 Å². The predicted octanol–water partition coefficient (Wildman–Crippen LogP) is 3.19. The van der Waals surface area contributed by atoms with Crippen molar-refractivity contribution >= 4 is 22.2 Å². The Morgan fingerprint density at radius 3 is 2.92 bits per heavy atom. The summed E-state index contributed by atoms with van der Waals surface area (Å²) in [7, 11) is 0. The first-order valence-corrected chi connectivity index (χ1v) is 8.26. The number of nitrogens with zero attached hydrogens (tertiary/aromatic N) is 6. The van der Waals surface area contributed by atoms with Crippen LogP contribution in [0.3, 0.4) is 0 Å². The standard InChI is InChI=1S/C16H9N7OS/c1-2-4-10-9(3-1)13(22-21-10)14-20-15(24-23-14)12-8-25-16(19-12)11-7-17-5-6-18-11/h1-8H,(H,21,22). The van der Waals surface area contributed by atoms with E-state index in [2.05, 4.69) is 35.3 Å². The van der Waals surface area contributed by atoms with Crippen LogP contribution in [0, 0.1) is 0 Å². The normalized spacial score (nSPS) is 11.2. The van der Waals surface area contributed by atoms with Crippen LogP contribution < -0.4 is 0 Å². The number of rotatable bonds is 3. The van der Waals surface area contributed by atoms with E-state index in [4.69, 9.17) is 4.52 Å². The van der Waals surface area contributed by atoms with Crippen molar-refractivity contribution in [3.05, 3.63) is 48.2 Å². The minimum absolute atomic E-state index is 0.341. The number of aromatic amines is 1. The Morgan fingerprint density at radius 2 is 2.00 bits per heavy atom. The van der Waals surface area contributed by atoms with E-state index in [0.29, 0.717) is 28.8 Å².